The number of hydrogen-bond donors (Lipinski definition) is 0. The molecule has 1 heterocycles. The number of rotatable bonds is 2. The lowest BCUT2D eigenvalue weighted by atomic mass is 9.95. The highest BCUT2D eigenvalue weighted by Gasteiger charge is 2.09. The van der Waals surface area contributed by atoms with Crippen molar-refractivity contribution in [2.75, 3.05) is 0 Å². The van der Waals surface area contributed by atoms with Gasteiger partial charge in [0.2, 0.25) is 0 Å². The molecule has 0 aliphatic carbocycles. The number of benzene rings is 3. The van der Waals surface area contributed by atoms with Gasteiger partial charge in [-0.2, -0.15) is 0 Å². The summed E-state index contributed by atoms with van der Waals surface area (Å²) in [6, 6.07) is 27.6. The topological polar surface area (TPSA) is 12.9 Å². The van der Waals surface area contributed by atoms with E-state index in [-0.39, 0.29) is 0 Å². The van der Waals surface area contributed by atoms with Gasteiger partial charge in [0.15, 0.2) is 0 Å². The summed E-state index contributed by atoms with van der Waals surface area (Å²) in [6.07, 6.45) is 1.90. The third-order valence-electron chi connectivity index (χ3n) is 4.31. The molecular formula is C22H17N. The predicted molar refractivity (Wildman–Crippen MR) is 97.4 cm³/mol. The van der Waals surface area contributed by atoms with Crippen LogP contribution in [0, 0.1) is 6.92 Å². The van der Waals surface area contributed by atoms with E-state index in [2.05, 4.69) is 84.7 Å². The van der Waals surface area contributed by atoms with Crippen LogP contribution in [0.25, 0.3) is 33.2 Å². The molecule has 0 N–H and O–H groups in total. The minimum Gasteiger partial charge on any atom is -0.256 e. The third-order valence-corrected chi connectivity index (χ3v) is 4.31. The Morgan fingerprint density at radius 2 is 1.39 bits per heavy atom. The minimum atomic E-state index is 1.05. The lowest BCUT2D eigenvalue weighted by molar-refractivity contribution is 1.27. The molecule has 4 rings (SSSR count). The molecule has 0 saturated heterocycles. The van der Waals surface area contributed by atoms with E-state index in [0.717, 1.165) is 11.3 Å². The normalized spacial score (nSPS) is 10.8. The van der Waals surface area contributed by atoms with Crippen molar-refractivity contribution in [3.63, 3.8) is 0 Å². The molecule has 0 aliphatic rings. The van der Waals surface area contributed by atoms with E-state index in [1.54, 1.807) is 0 Å². The smallest absolute Gasteiger partial charge is 0.0737 e. The Labute approximate surface area is 136 Å². The second-order valence-corrected chi connectivity index (χ2v) is 5.76. The van der Waals surface area contributed by atoms with Gasteiger partial charge in [-0.15, -0.1) is 0 Å². The minimum absolute atomic E-state index is 1.05. The predicted octanol–water partition coefficient (Wildman–Crippen LogP) is 5.88. The molecule has 3 aromatic carbocycles. The summed E-state index contributed by atoms with van der Waals surface area (Å²) in [7, 11) is 0. The van der Waals surface area contributed by atoms with Crippen LogP contribution in [-0.2, 0) is 0 Å². The number of aromatic nitrogens is 1. The van der Waals surface area contributed by atoms with E-state index >= 15 is 0 Å². The van der Waals surface area contributed by atoms with Crippen molar-refractivity contribution in [2.24, 2.45) is 0 Å². The summed E-state index contributed by atoms with van der Waals surface area (Å²) in [6.45, 7) is 2.15. The van der Waals surface area contributed by atoms with Crippen molar-refractivity contribution in [1.29, 1.82) is 0 Å². The molecule has 0 saturated carbocycles. The van der Waals surface area contributed by atoms with Gasteiger partial charge in [-0.1, -0.05) is 66.7 Å². The average Bonchev–Trinajstić information content (AvgIpc) is 2.62. The summed E-state index contributed by atoms with van der Waals surface area (Å²) in [5, 5.41) is 2.54. The molecule has 0 radical (unpaired) electrons. The van der Waals surface area contributed by atoms with Gasteiger partial charge in [-0.3, -0.25) is 4.98 Å². The van der Waals surface area contributed by atoms with Crippen molar-refractivity contribution in [3.8, 4) is 22.4 Å². The van der Waals surface area contributed by atoms with E-state index in [0.29, 0.717) is 0 Å². The highest BCUT2D eigenvalue weighted by molar-refractivity contribution is 5.88. The molecule has 110 valence electrons. The zero-order chi connectivity index (χ0) is 15.6. The van der Waals surface area contributed by atoms with Crippen LogP contribution in [0.4, 0.5) is 0 Å². The van der Waals surface area contributed by atoms with E-state index in [9.17, 15) is 0 Å². The van der Waals surface area contributed by atoms with E-state index in [4.69, 9.17) is 0 Å². The van der Waals surface area contributed by atoms with Crippen LogP contribution in [0.1, 0.15) is 5.56 Å². The molecular weight excluding hydrogens is 278 g/mol. The zero-order valence-corrected chi connectivity index (χ0v) is 13.0. The van der Waals surface area contributed by atoms with Gasteiger partial charge in [0.1, 0.15) is 0 Å². The fourth-order valence-corrected chi connectivity index (χ4v) is 3.09. The van der Waals surface area contributed by atoms with Gasteiger partial charge in [0, 0.05) is 11.8 Å². The van der Waals surface area contributed by atoms with Gasteiger partial charge in [0.05, 0.1) is 5.69 Å². The molecule has 1 nitrogen and oxygen atoms in total. The molecule has 0 spiro atoms. The fourth-order valence-electron chi connectivity index (χ4n) is 3.09. The van der Waals surface area contributed by atoms with E-state index in [1.165, 1.54) is 27.5 Å². The highest BCUT2D eigenvalue weighted by Crippen LogP contribution is 2.31. The first-order valence-electron chi connectivity index (χ1n) is 7.83. The summed E-state index contributed by atoms with van der Waals surface area (Å²) >= 11 is 0. The molecule has 23 heavy (non-hydrogen) atoms. The molecule has 0 amide bonds. The van der Waals surface area contributed by atoms with Crippen molar-refractivity contribution >= 4 is 10.8 Å². The van der Waals surface area contributed by atoms with Crippen molar-refractivity contribution in [1.82, 2.24) is 4.98 Å². The van der Waals surface area contributed by atoms with Crippen LogP contribution < -0.4 is 0 Å². The number of fused-ring (bicyclic) bond motifs is 1. The summed E-state index contributed by atoms with van der Waals surface area (Å²) in [5.74, 6) is 0. The van der Waals surface area contributed by atoms with Gasteiger partial charge in [0.25, 0.3) is 0 Å². The molecule has 1 aromatic heterocycles. The Morgan fingerprint density at radius 3 is 2.22 bits per heavy atom. The second-order valence-electron chi connectivity index (χ2n) is 5.76. The molecule has 0 aliphatic heterocycles. The molecule has 4 aromatic rings. The first-order chi connectivity index (χ1) is 11.3. The van der Waals surface area contributed by atoms with E-state index in [1.807, 2.05) is 12.3 Å². The molecule has 0 unspecified atom stereocenters. The second kappa shape index (κ2) is 5.69. The maximum atomic E-state index is 4.60. The van der Waals surface area contributed by atoms with E-state index < -0.39 is 0 Å². The van der Waals surface area contributed by atoms with Crippen molar-refractivity contribution < 1.29 is 0 Å². The Hall–Kier alpha value is -2.93. The fraction of sp³-hybridized carbons (Fsp3) is 0.0455. The van der Waals surface area contributed by atoms with Crippen molar-refractivity contribution in [2.45, 2.75) is 6.92 Å². The Kier molecular flexibility index (Phi) is 3.39. The summed E-state index contributed by atoms with van der Waals surface area (Å²) in [5.41, 5.74) is 5.91. The molecule has 0 atom stereocenters. The number of pyridine rings is 1. The summed E-state index contributed by atoms with van der Waals surface area (Å²) < 4.78 is 0. The monoisotopic (exact) mass is 295 g/mol. The SMILES string of the molecule is Cc1c(-c2ccc3ccccc3c2)ccnc1-c1ccccc1. The summed E-state index contributed by atoms with van der Waals surface area (Å²) in [4.78, 5) is 4.60. The van der Waals surface area contributed by atoms with Crippen LogP contribution >= 0.6 is 0 Å². The van der Waals surface area contributed by atoms with Crippen LogP contribution in [0.5, 0.6) is 0 Å². The maximum Gasteiger partial charge on any atom is 0.0737 e. The first-order valence-corrected chi connectivity index (χ1v) is 7.83. The maximum absolute atomic E-state index is 4.60. The van der Waals surface area contributed by atoms with Crippen molar-refractivity contribution in [3.05, 3.63) is 90.6 Å². The van der Waals surface area contributed by atoms with Gasteiger partial charge < -0.3 is 0 Å². The lowest BCUT2D eigenvalue weighted by Crippen LogP contribution is -1.92. The third kappa shape index (κ3) is 2.51. The van der Waals surface area contributed by atoms with Gasteiger partial charge >= 0.3 is 0 Å². The Balaban J connectivity index is 1.88. The molecule has 0 fully saturated rings. The average molecular weight is 295 g/mol. The Bertz CT molecular complexity index is 971. The standard InChI is InChI=1S/C22H17N/c1-16-21(13-14-23-22(16)18-8-3-2-4-9-18)20-12-11-17-7-5-6-10-19(17)15-20/h2-15H,1H3. The largest absolute Gasteiger partial charge is 0.256 e. The Morgan fingerprint density at radius 1 is 0.652 bits per heavy atom. The zero-order valence-electron chi connectivity index (χ0n) is 13.0. The first kappa shape index (κ1) is 13.7. The van der Waals surface area contributed by atoms with Crippen LogP contribution in [-0.4, -0.2) is 4.98 Å². The number of hydrogen-bond acceptors (Lipinski definition) is 1. The lowest BCUT2D eigenvalue weighted by Gasteiger charge is -2.11. The highest BCUT2D eigenvalue weighted by atomic mass is 14.7. The molecule has 1 heteroatoms. The van der Waals surface area contributed by atoms with Crippen LogP contribution in [0.15, 0.2) is 85.1 Å². The van der Waals surface area contributed by atoms with Crippen LogP contribution in [0.2, 0.25) is 0 Å². The quantitative estimate of drug-likeness (QED) is 0.450. The number of nitrogens with zero attached hydrogens (tertiary/aromatic N) is 1. The molecule has 0 bridgehead atoms. The van der Waals surface area contributed by atoms with Crippen LogP contribution in [0.3, 0.4) is 0 Å². The van der Waals surface area contributed by atoms with Gasteiger partial charge in [-0.05, 0) is 46.5 Å². The van der Waals surface area contributed by atoms with Gasteiger partial charge in [-0.25, -0.2) is 0 Å².